The Balaban J connectivity index is 5.47. The molecule has 274 valence electrons. The van der Waals surface area contributed by atoms with Gasteiger partial charge in [0.25, 0.3) is 0 Å². The van der Waals surface area contributed by atoms with E-state index in [1.165, 1.54) is 4.90 Å². The third-order valence-corrected chi connectivity index (χ3v) is 8.53. The average molecular weight is 668 g/mol. The molecule has 0 unspecified atom stereocenters. The summed E-state index contributed by atoms with van der Waals surface area (Å²) >= 11 is 0. The van der Waals surface area contributed by atoms with Gasteiger partial charge in [-0.1, -0.05) is 99.3 Å². The Hall–Kier alpha value is -2.49. The average Bonchev–Trinajstić information content (AvgIpc) is 2.98. The van der Waals surface area contributed by atoms with E-state index in [1.54, 1.807) is 4.90 Å². The summed E-state index contributed by atoms with van der Waals surface area (Å²) in [5.41, 5.74) is 0. The minimum absolute atomic E-state index is 0.0870. The standard InChI is InChI=1S/C37H69N3O7/c1-30(2)16-10-7-13-19-33(41)39(25-23-37(46)47)28-26-38(24-22-36(44)45)27-29-40(34(42)20-14-8-11-17-31(3)4)35(43)21-15-9-12-18-32(5)6/h30-32H,7-29H2,1-6H3,(H,44,45)(H,46,47). The molecule has 0 bridgehead atoms. The van der Waals surface area contributed by atoms with E-state index in [0.29, 0.717) is 50.1 Å². The van der Waals surface area contributed by atoms with E-state index >= 15 is 0 Å². The molecule has 0 heterocycles. The van der Waals surface area contributed by atoms with Gasteiger partial charge >= 0.3 is 11.9 Å². The second kappa shape index (κ2) is 27.5. The number of rotatable bonds is 30. The fraction of sp³-hybridized carbons (Fsp3) is 0.865. The highest BCUT2D eigenvalue weighted by Gasteiger charge is 2.23. The van der Waals surface area contributed by atoms with Crippen molar-refractivity contribution in [1.29, 1.82) is 0 Å². The molecular formula is C37H69N3O7. The summed E-state index contributed by atoms with van der Waals surface area (Å²) < 4.78 is 0. The van der Waals surface area contributed by atoms with Crippen LogP contribution in [0.25, 0.3) is 0 Å². The van der Waals surface area contributed by atoms with Crippen molar-refractivity contribution in [3.8, 4) is 0 Å². The monoisotopic (exact) mass is 668 g/mol. The maximum Gasteiger partial charge on any atom is 0.305 e. The summed E-state index contributed by atoms with van der Waals surface area (Å²) in [4.78, 5) is 67.2. The van der Waals surface area contributed by atoms with Gasteiger partial charge in [-0.2, -0.15) is 0 Å². The van der Waals surface area contributed by atoms with Gasteiger partial charge in [0.2, 0.25) is 17.7 Å². The first-order valence-electron chi connectivity index (χ1n) is 18.5. The second-order valence-corrected chi connectivity index (χ2v) is 14.4. The van der Waals surface area contributed by atoms with E-state index in [1.807, 2.05) is 4.90 Å². The number of hydrogen-bond acceptors (Lipinski definition) is 6. The molecule has 0 aliphatic heterocycles. The van der Waals surface area contributed by atoms with Crippen molar-refractivity contribution in [1.82, 2.24) is 14.7 Å². The lowest BCUT2D eigenvalue weighted by Crippen LogP contribution is -2.45. The zero-order valence-electron chi connectivity index (χ0n) is 30.8. The smallest absolute Gasteiger partial charge is 0.305 e. The Morgan fingerprint density at radius 2 is 0.809 bits per heavy atom. The fourth-order valence-corrected chi connectivity index (χ4v) is 5.52. The lowest BCUT2D eigenvalue weighted by atomic mass is 10.0. The molecule has 0 aliphatic rings. The molecule has 0 rings (SSSR count). The molecule has 10 nitrogen and oxygen atoms in total. The van der Waals surface area contributed by atoms with Crippen molar-refractivity contribution >= 4 is 29.7 Å². The van der Waals surface area contributed by atoms with Crippen LogP contribution in [0.4, 0.5) is 0 Å². The van der Waals surface area contributed by atoms with Crippen molar-refractivity contribution in [2.45, 2.75) is 151 Å². The lowest BCUT2D eigenvalue weighted by molar-refractivity contribution is -0.146. The van der Waals surface area contributed by atoms with Gasteiger partial charge in [-0.25, -0.2) is 0 Å². The van der Waals surface area contributed by atoms with Gasteiger partial charge in [0.05, 0.1) is 12.8 Å². The minimum Gasteiger partial charge on any atom is -0.481 e. The van der Waals surface area contributed by atoms with Crippen molar-refractivity contribution in [2.75, 3.05) is 39.3 Å². The number of carbonyl (C=O) groups is 5. The highest BCUT2D eigenvalue weighted by molar-refractivity contribution is 5.95. The van der Waals surface area contributed by atoms with Gasteiger partial charge < -0.3 is 15.1 Å². The zero-order valence-corrected chi connectivity index (χ0v) is 30.8. The SMILES string of the molecule is CC(C)CCCCCC(=O)N(CCC(=O)O)CCN(CCC(=O)O)CCN(C(=O)CCCCCC(C)C)C(=O)CCCCCC(C)C. The first-order chi connectivity index (χ1) is 22.2. The molecule has 0 spiro atoms. The van der Waals surface area contributed by atoms with Crippen LogP contribution in [0.1, 0.15) is 151 Å². The van der Waals surface area contributed by atoms with Gasteiger partial charge in [-0.15, -0.1) is 0 Å². The number of amides is 3. The summed E-state index contributed by atoms with van der Waals surface area (Å²) in [5.74, 6) is -0.573. The zero-order chi connectivity index (χ0) is 35.6. The Kier molecular flexibility index (Phi) is 26.0. The number of carboxylic acids is 2. The largest absolute Gasteiger partial charge is 0.481 e. The molecule has 0 aromatic carbocycles. The summed E-state index contributed by atoms with van der Waals surface area (Å²) in [6.45, 7) is 14.4. The Labute approximate surface area is 286 Å². The van der Waals surface area contributed by atoms with E-state index in [-0.39, 0.29) is 56.7 Å². The lowest BCUT2D eigenvalue weighted by Gasteiger charge is -2.29. The van der Waals surface area contributed by atoms with Crippen LogP contribution in [0, 0.1) is 17.8 Å². The molecule has 0 aliphatic carbocycles. The summed E-state index contributed by atoms with van der Waals surface area (Å²) in [7, 11) is 0. The number of aliphatic carboxylic acids is 2. The Bertz CT molecular complexity index is 861. The molecule has 0 atom stereocenters. The van der Waals surface area contributed by atoms with Crippen molar-refractivity contribution in [3.63, 3.8) is 0 Å². The van der Waals surface area contributed by atoms with Gasteiger partial charge in [0, 0.05) is 58.5 Å². The summed E-state index contributed by atoms with van der Waals surface area (Å²) in [6, 6.07) is 0. The van der Waals surface area contributed by atoms with E-state index in [0.717, 1.165) is 77.0 Å². The third kappa shape index (κ3) is 26.2. The van der Waals surface area contributed by atoms with Crippen LogP contribution in [0.3, 0.4) is 0 Å². The van der Waals surface area contributed by atoms with Gasteiger partial charge in [-0.3, -0.25) is 33.8 Å². The molecule has 0 aromatic rings. The number of nitrogens with zero attached hydrogens (tertiary/aromatic N) is 3. The highest BCUT2D eigenvalue weighted by Crippen LogP contribution is 2.15. The molecule has 2 N–H and O–H groups in total. The molecule has 0 fully saturated rings. The topological polar surface area (TPSA) is 136 Å². The van der Waals surface area contributed by atoms with E-state index in [4.69, 9.17) is 0 Å². The maximum atomic E-state index is 13.3. The van der Waals surface area contributed by atoms with Crippen LogP contribution in [0.2, 0.25) is 0 Å². The van der Waals surface area contributed by atoms with Crippen molar-refractivity contribution in [3.05, 3.63) is 0 Å². The molecule has 0 saturated carbocycles. The number of hydrogen-bond donors (Lipinski definition) is 2. The molecule has 0 aromatic heterocycles. The minimum atomic E-state index is -0.983. The first kappa shape index (κ1) is 44.5. The molecule has 47 heavy (non-hydrogen) atoms. The van der Waals surface area contributed by atoms with E-state index in [2.05, 4.69) is 41.5 Å². The van der Waals surface area contributed by atoms with Crippen molar-refractivity contribution < 1.29 is 34.2 Å². The molecular weight excluding hydrogens is 598 g/mol. The van der Waals surface area contributed by atoms with Crippen LogP contribution >= 0.6 is 0 Å². The molecule has 0 saturated heterocycles. The maximum absolute atomic E-state index is 13.3. The quantitative estimate of drug-likeness (QED) is 0.0766. The van der Waals surface area contributed by atoms with Crippen LogP contribution in [-0.2, 0) is 24.0 Å². The second-order valence-electron chi connectivity index (χ2n) is 14.4. The first-order valence-corrected chi connectivity index (χ1v) is 18.5. The molecule has 3 amide bonds. The van der Waals surface area contributed by atoms with Gasteiger partial charge in [0.1, 0.15) is 0 Å². The number of carboxylic acid groups (broad SMARTS) is 2. The fourth-order valence-electron chi connectivity index (χ4n) is 5.52. The Morgan fingerprint density at radius 1 is 0.426 bits per heavy atom. The van der Waals surface area contributed by atoms with Crippen molar-refractivity contribution in [2.24, 2.45) is 17.8 Å². The molecule has 0 radical (unpaired) electrons. The number of carbonyl (C=O) groups excluding carboxylic acids is 3. The highest BCUT2D eigenvalue weighted by atomic mass is 16.4. The number of unbranched alkanes of at least 4 members (excludes halogenated alkanes) is 6. The summed E-state index contributed by atoms with van der Waals surface area (Å²) in [5, 5.41) is 18.6. The van der Waals surface area contributed by atoms with E-state index < -0.39 is 11.9 Å². The number of imide groups is 1. The Morgan fingerprint density at radius 3 is 1.21 bits per heavy atom. The van der Waals surface area contributed by atoms with Gasteiger partial charge in [-0.05, 0) is 37.0 Å². The van der Waals surface area contributed by atoms with Crippen LogP contribution in [0.5, 0.6) is 0 Å². The van der Waals surface area contributed by atoms with Crippen LogP contribution < -0.4 is 0 Å². The van der Waals surface area contributed by atoms with Crippen LogP contribution in [0.15, 0.2) is 0 Å². The van der Waals surface area contributed by atoms with Crippen LogP contribution in [-0.4, -0.2) is 93.8 Å². The third-order valence-electron chi connectivity index (χ3n) is 8.53. The molecule has 10 heteroatoms. The predicted octanol–water partition coefficient (Wildman–Crippen LogP) is 7.24. The van der Waals surface area contributed by atoms with Gasteiger partial charge in [0.15, 0.2) is 0 Å². The van der Waals surface area contributed by atoms with E-state index in [9.17, 15) is 34.2 Å². The summed E-state index contributed by atoms with van der Waals surface area (Å²) in [6.07, 6.45) is 12.1. The normalized spacial score (nSPS) is 11.5. The predicted molar refractivity (Wildman–Crippen MR) is 188 cm³/mol.